The first-order valence-electron chi connectivity index (χ1n) is 3.69. The zero-order chi connectivity index (χ0) is 11.6. The lowest BCUT2D eigenvalue weighted by molar-refractivity contribution is 0.0696. The Balaban J connectivity index is 3.39. The third-order valence-corrected chi connectivity index (χ3v) is 2.33. The van der Waals surface area contributed by atoms with Gasteiger partial charge < -0.3 is 10.2 Å². The highest BCUT2D eigenvalue weighted by molar-refractivity contribution is 7.47. The third-order valence-electron chi connectivity index (χ3n) is 1.63. The normalized spacial score (nSPS) is 10.9. The van der Waals surface area contributed by atoms with Gasteiger partial charge in [-0.25, -0.2) is 9.59 Å². The second-order valence-corrected chi connectivity index (χ2v) is 3.71. The van der Waals surface area contributed by atoms with Crippen LogP contribution in [0, 0.1) is 0 Å². The van der Waals surface area contributed by atoms with Crippen LogP contribution in [-0.4, -0.2) is 27.0 Å². The lowest BCUT2D eigenvalue weighted by Gasteiger charge is -1.96. The Morgan fingerprint density at radius 1 is 1.00 bits per heavy atom. The van der Waals surface area contributed by atoms with E-state index >= 15 is 0 Å². The zero-order valence-electron chi connectivity index (χ0n) is 7.25. The standard InChI is InChI=1S/C8H5O6P/c9-7(10)4-1-5(8(11)12)3-6(2-4)15(13)14/h1-3H,(H2-,9,10,11,12,13,14)/p+1. The summed E-state index contributed by atoms with van der Waals surface area (Å²) in [4.78, 5) is 29.9. The fourth-order valence-corrected chi connectivity index (χ4v) is 1.47. The van der Waals surface area contributed by atoms with Gasteiger partial charge >= 0.3 is 20.0 Å². The van der Waals surface area contributed by atoms with Crippen LogP contribution in [0.25, 0.3) is 0 Å². The Morgan fingerprint density at radius 3 is 1.67 bits per heavy atom. The van der Waals surface area contributed by atoms with Crippen molar-refractivity contribution < 1.29 is 29.3 Å². The SMILES string of the molecule is O=C(O)c1cc(C(=O)O)cc([P+](=O)O)c1. The molecule has 0 bridgehead atoms. The Morgan fingerprint density at radius 2 is 1.40 bits per heavy atom. The highest BCUT2D eigenvalue weighted by Crippen LogP contribution is 2.16. The Kier molecular flexibility index (Phi) is 3.14. The van der Waals surface area contributed by atoms with Gasteiger partial charge in [-0.15, -0.1) is 0 Å². The van der Waals surface area contributed by atoms with Crippen molar-refractivity contribution >= 4 is 25.3 Å². The zero-order valence-corrected chi connectivity index (χ0v) is 8.14. The largest absolute Gasteiger partial charge is 0.546 e. The third kappa shape index (κ3) is 2.59. The molecular weight excluding hydrogens is 223 g/mol. The van der Waals surface area contributed by atoms with Gasteiger partial charge in [0, 0.05) is 12.1 Å². The molecule has 0 saturated heterocycles. The quantitative estimate of drug-likeness (QED) is 0.648. The van der Waals surface area contributed by atoms with Gasteiger partial charge in [0.1, 0.15) is 0 Å². The summed E-state index contributed by atoms with van der Waals surface area (Å²) in [6.07, 6.45) is 0. The van der Waals surface area contributed by atoms with E-state index in [4.69, 9.17) is 15.1 Å². The van der Waals surface area contributed by atoms with E-state index in [1.54, 1.807) is 0 Å². The van der Waals surface area contributed by atoms with Crippen molar-refractivity contribution in [3.8, 4) is 0 Å². The molecule has 0 aliphatic heterocycles. The van der Waals surface area contributed by atoms with Crippen LogP contribution in [0.3, 0.4) is 0 Å². The molecule has 0 saturated carbocycles. The summed E-state index contributed by atoms with van der Waals surface area (Å²) in [7, 11) is -2.75. The second-order valence-electron chi connectivity index (χ2n) is 2.65. The molecule has 1 aromatic rings. The first kappa shape index (κ1) is 11.3. The molecule has 0 aliphatic rings. The average molecular weight is 229 g/mol. The molecule has 0 radical (unpaired) electrons. The van der Waals surface area contributed by atoms with Crippen LogP contribution in [0.15, 0.2) is 18.2 Å². The van der Waals surface area contributed by atoms with E-state index < -0.39 is 20.0 Å². The maximum absolute atomic E-state index is 10.7. The molecule has 0 aromatic heterocycles. The maximum atomic E-state index is 10.7. The highest BCUT2D eigenvalue weighted by atomic mass is 31.1. The van der Waals surface area contributed by atoms with Crippen molar-refractivity contribution in [2.45, 2.75) is 0 Å². The van der Waals surface area contributed by atoms with Gasteiger partial charge in [-0.1, -0.05) is 0 Å². The molecule has 0 heterocycles. The van der Waals surface area contributed by atoms with Crippen molar-refractivity contribution in [3.05, 3.63) is 29.3 Å². The molecule has 0 fully saturated rings. The van der Waals surface area contributed by atoms with E-state index in [1.807, 2.05) is 0 Å². The Labute approximate surface area is 84.7 Å². The number of rotatable bonds is 3. The number of carboxylic acids is 2. The van der Waals surface area contributed by atoms with Crippen LogP contribution in [-0.2, 0) is 4.57 Å². The molecule has 1 aromatic carbocycles. The molecule has 15 heavy (non-hydrogen) atoms. The van der Waals surface area contributed by atoms with Gasteiger partial charge in [0.05, 0.1) is 11.1 Å². The molecule has 7 heteroatoms. The summed E-state index contributed by atoms with van der Waals surface area (Å²) < 4.78 is 10.7. The number of carboxylic acid groups (broad SMARTS) is 2. The molecule has 3 N–H and O–H groups in total. The fourth-order valence-electron chi connectivity index (χ4n) is 0.969. The van der Waals surface area contributed by atoms with Crippen molar-refractivity contribution in [1.29, 1.82) is 0 Å². The summed E-state index contributed by atoms with van der Waals surface area (Å²) in [5, 5.41) is 17.0. The molecule has 0 aliphatic carbocycles. The van der Waals surface area contributed by atoms with Gasteiger partial charge in [-0.05, 0) is 10.6 Å². The van der Waals surface area contributed by atoms with Crippen molar-refractivity contribution in [2.24, 2.45) is 0 Å². The Bertz CT molecular complexity index is 373. The molecular formula is C8H6O6P+. The first-order chi connectivity index (χ1) is 6.91. The maximum Gasteiger partial charge on any atom is 0.546 e. The van der Waals surface area contributed by atoms with E-state index in [2.05, 4.69) is 0 Å². The number of aromatic carboxylic acids is 2. The van der Waals surface area contributed by atoms with Gasteiger partial charge in [0.2, 0.25) is 5.30 Å². The summed E-state index contributed by atoms with van der Waals surface area (Å²) in [6, 6.07) is 2.86. The smallest absolute Gasteiger partial charge is 0.478 e. The summed E-state index contributed by atoms with van der Waals surface area (Å²) in [6.45, 7) is 0. The van der Waals surface area contributed by atoms with Crippen LogP contribution in [0.5, 0.6) is 0 Å². The topological polar surface area (TPSA) is 112 Å². The fraction of sp³-hybridized carbons (Fsp3) is 0. The molecule has 1 rings (SSSR count). The Hall–Kier alpha value is -1.78. The van der Waals surface area contributed by atoms with Crippen LogP contribution in [0.2, 0.25) is 0 Å². The molecule has 6 nitrogen and oxygen atoms in total. The molecule has 0 spiro atoms. The van der Waals surface area contributed by atoms with Crippen molar-refractivity contribution in [3.63, 3.8) is 0 Å². The summed E-state index contributed by atoms with van der Waals surface area (Å²) >= 11 is 0. The lowest BCUT2D eigenvalue weighted by atomic mass is 10.1. The van der Waals surface area contributed by atoms with E-state index in [0.717, 1.165) is 18.2 Å². The van der Waals surface area contributed by atoms with Crippen LogP contribution >= 0.6 is 8.03 Å². The van der Waals surface area contributed by atoms with E-state index in [-0.39, 0.29) is 16.4 Å². The van der Waals surface area contributed by atoms with Gasteiger partial charge in [0.15, 0.2) is 0 Å². The average Bonchev–Trinajstić information content (AvgIpc) is 2.16. The minimum absolute atomic E-state index is 0.220. The van der Waals surface area contributed by atoms with E-state index in [1.165, 1.54) is 0 Å². The van der Waals surface area contributed by atoms with Gasteiger partial charge in [-0.2, -0.15) is 4.89 Å². The van der Waals surface area contributed by atoms with Crippen LogP contribution in [0.4, 0.5) is 0 Å². The summed E-state index contributed by atoms with van der Waals surface area (Å²) in [5.74, 6) is -2.70. The van der Waals surface area contributed by atoms with E-state index in [9.17, 15) is 14.2 Å². The first-order valence-corrected chi connectivity index (χ1v) is 4.91. The predicted octanol–water partition coefficient (Wildman–Crippen LogP) is 0.443. The highest BCUT2D eigenvalue weighted by Gasteiger charge is 2.22. The number of hydrogen-bond donors (Lipinski definition) is 3. The van der Waals surface area contributed by atoms with Gasteiger partial charge in [-0.3, -0.25) is 0 Å². The van der Waals surface area contributed by atoms with Crippen molar-refractivity contribution in [2.75, 3.05) is 0 Å². The van der Waals surface area contributed by atoms with Crippen LogP contribution in [0.1, 0.15) is 20.7 Å². The molecule has 78 valence electrons. The van der Waals surface area contributed by atoms with Crippen molar-refractivity contribution in [1.82, 2.24) is 0 Å². The number of hydrogen-bond acceptors (Lipinski definition) is 3. The number of benzene rings is 1. The van der Waals surface area contributed by atoms with Crippen LogP contribution < -0.4 is 5.30 Å². The second kappa shape index (κ2) is 4.16. The minimum atomic E-state index is -2.75. The molecule has 1 atom stereocenters. The predicted molar refractivity (Wildman–Crippen MR) is 49.8 cm³/mol. The lowest BCUT2D eigenvalue weighted by Crippen LogP contribution is -2.09. The number of carbonyl (C=O) groups is 2. The summed E-state index contributed by atoms with van der Waals surface area (Å²) in [5.41, 5.74) is -0.662. The monoisotopic (exact) mass is 229 g/mol. The molecule has 1 unspecified atom stereocenters. The van der Waals surface area contributed by atoms with Gasteiger partial charge in [0.25, 0.3) is 0 Å². The minimum Gasteiger partial charge on any atom is -0.478 e. The molecule has 0 amide bonds. The van der Waals surface area contributed by atoms with E-state index in [0.29, 0.717) is 0 Å².